The van der Waals surface area contributed by atoms with Crippen molar-refractivity contribution < 1.29 is 0 Å². The summed E-state index contributed by atoms with van der Waals surface area (Å²) in [5.74, 6) is 0. The number of thiophene rings is 1. The number of nitrogens with zero attached hydrogens (tertiary/aromatic N) is 3. The van der Waals surface area contributed by atoms with Crippen LogP contribution in [0.15, 0.2) is 11.4 Å². The Kier molecular flexibility index (Phi) is 3.06. The van der Waals surface area contributed by atoms with E-state index in [1.807, 2.05) is 18.7 Å². The number of aromatic amines is 1. The van der Waals surface area contributed by atoms with Crippen LogP contribution in [0.3, 0.4) is 0 Å². The smallest absolute Gasteiger partial charge is 0.179 e. The van der Waals surface area contributed by atoms with Gasteiger partial charge in [0.25, 0.3) is 0 Å². The minimum Gasteiger partial charge on any atom is -0.328 e. The van der Waals surface area contributed by atoms with Crippen molar-refractivity contribution in [3.05, 3.63) is 32.4 Å². The van der Waals surface area contributed by atoms with Crippen molar-refractivity contribution in [2.45, 2.75) is 26.8 Å². The van der Waals surface area contributed by atoms with Gasteiger partial charge in [0.05, 0.1) is 12.2 Å². The molecule has 0 aliphatic heterocycles. The molecule has 0 fully saturated rings. The van der Waals surface area contributed by atoms with Crippen LogP contribution in [0.25, 0.3) is 11.2 Å². The highest BCUT2D eigenvalue weighted by Gasteiger charge is 2.14. The van der Waals surface area contributed by atoms with Crippen LogP contribution in [0.2, 0.25) is 0 Å². The van der Waals surface area contributed by atoms with Gasteiger partial charge in [-0.15, -0.1) is 11.3 Å². The van der Waals surface area contributed by atoms with Gasteiger partial charge in [-0.1, -0.05) is 6.92 Å². The molecule has 3 aromatic heterocycles. The van der Waals surface area contributed by atoms with E-state index in [0.29, 0.717) is 0 Å². The third kappa shape index (κ3) is 1.95. The van der Waals surface area contributed by atoms with Gasteiger partial charge in [0, 0.05) is 11.9 Å². The molecule has 0 atom stereocenters. The van der Waals surface area contributed by atoms with Gasteiger partial charge in [-0.3, -0.25) is 9.25 Å². The fourth-order valence-electron chi connectivity index (χ4n) is 2.48. The van der Waals surface area contributed by atoms with Gasteiger partial charge in [0.2, 0.25) is 0 Å². The minimum atomic E-state index is 0.765. The van der Waals surface area contributed by atoms with E-state index in [4.69, 9.17) is 12.2 Å². The zero-order valence-corrected chi connectivity index (χ0v) is 12.9. The Hall–Kier alpha value is -1.40. The van der Waals surface area contributed by atoms with Crippen molar-refractivity contribution in [2.24, 2.45) is 7.05 Å². The lowest BCUT2D eigenvalue weighted by Crippen LogP contribution is -2.04. The average molecular weight is 292 g/mol. The number of rotatable bonds is 3. The Morgan fingerprint density at radius 2 is 2.26 bits per heavy atom. The second-order valence-electron chi connectivity index (χ2n) is 4.65. The van der Waals surface area contributed by atoms with Crippen LogP contribution in [-0.4, -0.2) is 19.3 Å². The molecule has 0 aromatic carbocycles. The number of nitrogens with one attached hydrogen (secondary N) is 1. The van der Waals surface area contributed by atoms with Crippen molar-refractivity contribution in [2.75, 3.05) is 0 Å². The molecular weight excluding hydrogens is 276 g/mol. The van der Waals surface area contributed by atoms with Crippen molar-refractivity contribution in [1.29, 1.82) is 0 Å². The van der Waals surface area contributed by atoms with Crippen LogP contribution in [0.4, 0.5) is 0 Å². The first-order valence-corrected chi connectivity index (χ1v) is 7.58. The SMILES string of the molecule is CCc1ccsc1Cn1c(=S)[nH]c2c(C)nn(C)c21. The van der Waals surface area contributed by atoms with E-state index in [1.165, 1.54) is 10.4 Å². The topological polar surface area (TPSA) is 38.5 Å². The molecule has 0 aliphatic rings. The van der Waals surface area contributed by atoms with E-state index in [9.17, 15) is 0 Å². The molecule has 0 unspecified atom stereocenters. The van der Waals surface area contributed by atoms with Crippen molar-refractivity contribution in [3.63, 3.8) is 0 Å². The van der Waals surface area contributed by atoms with E-state index in [0.717, 1.165) is 34.6 Å². The number of fused-ring (bicyclic) bond motifs is 1. The molecule has 100 valence electrons. The zero-order chi connectivity index (χ0) is 13.6. The Labute approximate surface area is 120 Å². The van der Waals surface area contributed by atoms with Gasteiger partial charge in [-0.25, -0.2) is 0 Å². The standard InChI is InChI=1S/C13H16N4S2/c1-4-9-5-6-19-10(9)7-17-12-11(14-13(17)18)8(2)15-16(12)3/h5-6H,4,7H2,1-3H3,(H,14,18). The highest BCUT2D eigenvalue weighted by atomic mass is 32.1. The van der Waals surface area contributed by atoms with Crippen LogP contribution >= 0.6 is 23.6 Å². The molecule has 0 spiro atoms. The van der Waals surface area contributed by atoms with Crippen molar-refractivity contribution in [3.8, 4) is 0 Å². The van der Waals surface area contributed by atoms with Crippen LogP contribution in [-0.2, 0) is 20.0 Å². The number of imidazole rings is 1. The molecule has 6 heteroatoms. The molecule has 0 saturated carbocycles. The van der Waals surface area contributed by atoms with E-state index < -0.39 is 0 Å². The van der Waals surface area contributed by atoms with Crippen molar-refractivity contribution in [1.82, 2.24) is 19.3 Å². The van der Waals surface area contributed by atoms with Crippen LogP contribution < -0.4 is 0 Å². The summed E-state index contributed by atoms with van der Waals surface area (Å²) in [5.41, 5.74) is 4.50. The molecule has 0 radical (unpaired) electrons. The summed E-state index contributed by atoms with van der Waals surface area (Å²) in [6.45, 7) is 5.00. The van der Waals surface area contributed by atoms with Gasteiger partial charge in [0.15, 0.2) is 10.4 Å². The molecule has 0 saturated heterocycles. The van der Waals surface area contributed by atoms with Crippen LogP contribution in [0, 0.1) is 11.7 Å². The summed E-state index contributed by atoms with van der Waals surface area (Å²) in [6, 6.07) is 2.20. The minimum absolute atomic E-state index is 0.765. The first kappa shape index (κ1) is 12.6. The number of aromatic nitrogens is 4. The molecule has 0 amide bonds. The van der Waals surface area contributed by atoms with Gasteiger partial charge in [-0.05, 0) is 42.6 Å². The van der Waals surface area contributed by atoms with Gasteiger partial charge < -0.3 is 4.98 Å². The molecule has 0 bridgehead atoms. The van der Waals surface area contributed by atoms with E-state index >= 15 is 0 Å². The summed E-state index contributed by atoms with van der Waals surface area (Å²) < 4.78 is 4.80. The highest BCUT2D eigenvalue weighted by Crippen LogP contribution is 2.23. The highest BCUT2D eigenvalue weighted by molar-refractivity contribution is 7.71. The predicted molar refractivity (Wildman–Crippen MR) is 81.4 cm³/mol. The van der Waals surface area contributed by atoms with Crippen molar-refractivity contribution >= 4 is 34.7 Å². The molecule has 1 N–H and O–H groups in total. The van der Waals surface area contributed by atoms with E-state index in [2.05, 4.69) is 33.0 Å². The Bertz CT molecular complexity index is 787. The second kappa shape index (κ2) is 4.61. The molecule has 19 heavy (non-hydrogen) atoms. The third-order valence-corrected chi connectivity index (χ3v) is 4.72. The van der Waals surface area contributed by atoms with Gasteiger partial charge in [0.1, 0.15) is 5.52 Å². The number of hydrogen-bond donors (Lipinski definition) is 1. The third-order valence-electron chi connectivity index (χ3n) is 3.44. The maximum Gasteiger partial charge on any atom is 0.179 e. The van der Waals surface area contributed by atoms with Gasteiger partial charge >= 0.3 is 0 Å². The lowest BCUT2D eigenvalue weighted by molar-refractivity contribution is 0.716. The first-order chi connectivity index (χ1) is 9.11. The monoisotopic (exact) mass is 292 g/mol. The largest absolute Gasteiger partial charge is 0.328 e. The summed E-state index contributed by atoms with van der Waals surface area (Å²) in [4.78, 5) is 4.64. The maximum atomic E-state index is 5.45. The van der Waals surface area contributed by atoms with E-state index in [-0.39, 0.29) is 0 Å². The Morgan fingerprint density at radius 3 is 3.00 bits per heavy atom. The molecule has 0 aliphatic carbocycles. The van der Waals surface area contributed by atoms with Gasteiger partial charge in [-0.2, -0.15) is 5.10 Å². The normalized spacial score (nSPS) is 11.5. The summed E-state index contributed by atoms with van der Waals surface area (Å²) in [7, 11) is 1.96. The lowest BCUT2D eigenvalue weighted by Gasteiger charge is -2.05. The molecule has 3 heterocycles. The first-order valence-electron chi connectivity index (χ1n) is 6.29. The molecule has 4 nitrogen and oxygen atoms in total. The average Bonchev–Trinajstić information content (AvgIpc) is 3.01. The number of aryl methyl sites for hydroxylation is 3. The summed E-state index contributed by atoms with van der Waals surface area (Å²) in [5, 5.41) is 6.59. The quantitative estimate of drug-likeness (QED) is 0.751. The Morgan fingerprint density at radius 1 is 1.47 bits per heavy atom. The fourth-order valence-corrected chi connectivity index (χ4v) is 3.70. The van der Waals surface area contributed by atoms with Crippen LogP contribution in [0.5, 0.6) is 0 Å². The number of hydrogen-bond acceptors (Lipinski definition) is 3. The second-order valence-corrected chi connectivity index (χ2v) is 6.03. The maximum absolute atomic E-state index is 5.45. The van der Waals surface area contributed by atoms with Crippen LogP contribution in [0.1, 0.15) is 23.1 Å². The predicted octanol–water partition coefficient (Wildman–Crippen LogP) is 3.41. The number of H-pyrrole nitrogens is 1. The summed E-state index contributed by atoms with van der Waals surface area (Å²) >= 11 is 7.24. The molecule has 3 aromatic rings. The Balaban J connectivity index is 2.15. The lowest BCUT2D eigenvalue weighted by atomic mass is 10.2. The molecule has 3 rings (SSSR count). The zero-order valence-electron chi connectivity index (χ0n) is 11.2. The fraction of sp³-hybridized carbons (Fsp3) is 0.385. The van der Waals surface area contributed by atoms with E-state index in [1.54, 1.807) is 11.3 Å². The molecular formula is C13H16N4S2. The summed E-state index contributed by atoms with van der Waals surface area (Å²) in [6.07, 6.45) is 1.06.